The van der Waals surface area contributed by atoms with Gasteiger partial charge in [-0.2, -0.15) is 5.10 Å². The lowest BCUT2D eigenvalue weighted by Gasteiger charge is -2.14. The lowest BCUT2D eigenvalue weighted by molar-refractivity contribution is 0.0955. The number of benzene rings is 3. The summed E-state index contributed by atoms with van der Waals surface area (Å²) < 4.78 is 17.1. The van der Waals surface area contributed by atoms with Crippen molar-refractivity contribution >= 4 is 35.3 Å². The molecule has 178 valence electrons. The number of amides is 1. The molecule has 1 amide bonds. The van der Waals surface area contributed by atoms with E-state index in [2.05, 4.69) is 10.5 Å². The molecule has 0 aliphatic heterocycles. The fourth-order valence-corrected chi connectivity index (χ4v) is 3.35. The van der Waals surface area contributed by atoms with Crippen molar-refractivity contribution in [1.82, 2.24) is 5.43 Å². The SMILES string of the molecule is CCCOc1ccc(C(=O)N/N=C\c2cc(Cl)c(OCc3ccc(Cl)cc3)c(OCC)c2)cc1. The van der Waals surface area contributed by atoms with E-state index in [1.807, 2.05) is 26.0 Å². The monoisotopic (exact) mass is 500 g/mol. The average molecular weight is 501 g/mol. The number of carbonyl (C=O) groups is 1. The molecular weight excluding hydrogens is 475 g/mol. The number of hydrogen-bond donors (Lipinski definition) is 1. The fraction of sp³-hybridized carbons (Fsp3) is 0.231. The van der Waals surface area contributed by atoms with Gasteiger partial charge in [0.05, 0.1) is 24.5 Å². The highest BCUT2D eigenvalue weighted by Gasteiger charge is 2.13. The van der Waals surface area contributed by atoms with Crippen LogP contribution in [-0.4, -0.2) is 25.3 Å². The van der Waals surface area contributed by atoms with Gasteiger partial charge >= 0.3 is 0 Å². The minimum absolute atomic E-state index is 0.308. The summed E-state index contributed by atoms with van der Waals surface area (Å²) in [6.07, 6.45) is 2.41. The van der Waals surface area contributed by atoms with Crippen LogP contribution in [-0.2, 0) is 6.61 Å². The van der Waals surface area contributed by atoms with Crippen LogP contribution in [0.4, 0.5) is 0 Å². The molecule has 8 heteroatoms. The summed E-state index contributed by atoms with van der Waals surface area (Å²) in [5, 5.41) is 5.07. The van der Waals surface area contributed by atoms with Gasteiger partial charge in [0, 0.05) is 10.6 Å². The molecule has 0 saturated heterocycles. The van der Waals surface area contributed by atoms with Crippen LogP contribution in [0, 0.1) is 0 Å². The Morgan fingerprint density at radius 2 is 1.71 bits per heavy atom. The van der Waals surface area contributed by atoms with Crippen LogP contribution in [0.2, 0.25) is 10.0 Å². The molecule has 3 aromatic carbocycles. The zero-order valence-corrected chi connectivity index (χ0v) is 20.5. The van der Waals surface area contributed by atoms with Crippen molar-refractivity contribution in [2.75, 3.05) is 13.2 Å². The quantitative estimate of drug-likeness (QED) is 0.240. The normalized spacial score (nSPS) is 10.8. The Morgan fingerprint density at radius 1 is 0.971 bits per heavy atom. The minimum atomic E-state index is -0.336. The van der Waals surface area contributed by atoms with Gasteiger partial charge < -0.3 is 14.2 Å². The van der Waals surface area contributed by atoms with Gasteiger partial charge in [0.25, 0.3) is 5.91 Å². The Hall–Kier alpha value is -3.22. The summed E-state index contributed by atoms with van der Waals surface area (Å²) in [6, 6.07) is 17.7. The maximum Gasteiger partial charge on any atom is 0.271 e. The molecular formula is C26H26Cl2N2O4. The molecule has 6 nitrogen and oxygen atoms in total. The van der Waals surface area contributed by atoms with E-state index in [0.29, 0.717) is 52.5 Å². The zero-order chi connectivity index (χ0) is 24.3. The number of rotatable bonds is 11. The maximum absolute atomic E-state index is 12.3. The van der Waals surface area contributed by atoms with Crippen LogP contribution in [0.15, 0.2) is 65.8 Å². The molecule has 0 aliphatic carbocycles. The van der Waals surface area contributed by atoms with Gasteiger partial charge in [0.15, 0.2) is 11.5 Å². The average Bonchev–Trinajstić information content (AvgIpc) is 2.84. The molecule has 34 heavy (non-hydrogen) atoms. The van der Waals surface area contributed by atoms with Crippen molar-refractivity contribution in [2.45, 2.75) is 26.9 Å². The summed E-state index contributed by atoms with van der Waals surface area (Å²) in [6.45, 7) is 5.28. The second-order valence-corrected chi connectivity index (χ2v) is 8.09. The van der Waals surface area contributed by atoms with E-state index in [1.54, 1.807) is 48.5 Å². The smallest absolute Gasteiger partial charge is 0.271 e. The topological polar surface area (TPSA) is 69.2 Å². The van der Waals surface area contributed by atoms with E-state index in [0.717, 1.165) is 17.7 Å². The van der Waals surface area contributed by atoms with E-state index in [4.69, 9.17) is 37.4 Å². The molecule has 0 spiro atoms. The fourth-order valence-electron chi connectivity index (χ4n) is 2.95. The molecule has 0 radical (unpaired) electrons. The predicted octanol–water partition coefficient (Wildman–Crippen LogP) is 6.52. The van der Waals surface area contributed by atoms with Crippen molar-refractivity contribution in [1.29, 1.82) is 0 Å². The molecule has 0 unspecified atom stereocenters. The first-order chi connectivity index (χ1) is 16.5. The second kappa shape index (κ2) is 12.9. The minimum Gasteiger partial charge on any atom is -0.494 e. The van der Waals surface area contributed by atoms with Crippen LogP contribution in [0.5, 0.6) is 17.2 Å². The van der Waals surface area contributed by atoms with E-state index >= 15 is 0 Å². The Balaban J connectivity index is 1.65. The van der Waals surface area contributed by atoms with Crippen molar-refractivity contribution in [2.24, 2.45) is 5.10 Å². The highest BCUT2D eigenvalue weighted by molar-refractivity contribution is 6.32. The van der Waals surface area contributed by atoms with Gasteiger partial charge in [-0.3, -0.25) is 4.79 Å². The molecule has 0 aromatic heterocycles. The van der Waals surface area contributed by atoms with Crippen LogP contribution < -0.4 is 19.6 Å². The van der Waals surface area contributed by atoms with Crippen molar-refractivity contribution < 1.29 is 19.0 Å². The van der Waals surface area contributed by atoms with Crippen LogP contribution in [0.25, 0.3) is 0 Å². The van der Waals surface area contributed by atoms with Crippen molar-refractivity contribution in [3.8, 4) is 17.2 Å². The largest absolute Gasteiger partial charge is 0.494 e. The van der Waals surface area contributed by atoms with E-state index < -0.39 is 0 Å². The van der Waals surface area contributed by atoms with E-state index in [-0.39, 0.29) is 5.91 Å². The highest BCUT2D eigenvalue weighted by Crippen LogP contribution is 2.37. The van der Waals surface area contributed by atoms with Gasteiger partial charge in [-0.15, -0.1) is 0 Å². The first-order valence-electron chi connectivity index (χ1n) is 10.9. The maximum atomic E-state index is 12.3. The Bertz CT molecular complexity index is 1120. The number of ether oxygens (including phenoxy) is 3. The van der Waals surface area contributed by atoms with Crippen LogP contribution in [0.1, 0.15) is 41.8 Å². The summed E-state index contributed by atoms with van der Waals surface area (Å²) in [5.41, 5.74) is 4.58. The summed E-state index contributed by atoms with van der Waals surface area (Å²) in [4.78, 5) is 12.3. The number of hydrazone groups is 1. The predicted molar refractivity (Wildman–Crippen MR) is 136 cm³/mol. The zero-order valence-electron chi connectivity index (χ0n) is 19.0. The molecule has 3 aromatic rings. The third kappa shape index (κ3) is 7.40. The number of halogens is 2. The van der Waals surface area contributed by atoms with Gasteiger partial charge in [0.1, 0.15) is 12.4 Å². The lowest BCUT2D eigenvalue weighted by atomic mass is 10.2. The summed E-state index contributed by atoms with van der Waals surface area (Å²) in [5.74, 6) is 1.31. The van der Waals surface area contributed by atoms with Crippen LogP contribution in [0.3, 0.4) is 0 Å². The second-order valence-electron chi connectivity index (χ2n) is 7.25. The number of hydrogen-bond acceptors (Lipinski definition) is 5. The van der Waals surface area contributed by atoms with Crippen LogP contribution >= 0.6 is 23.2 Å². The molecule has 0 aliphatic rings. The summed E-state index contributed by atoms with van der Waals surface area (Å²) in [7, 11) is 0. The van der Waals surface area contributed by atoms with Crippen molar-refractivity contribution in [3.63, 3.8) is 0 Å². The third-order valence-corrected chi connectivity index (χ3v) is 5.13. The molecule has 0 bridgehead atoms. The lowest BCUT2D eigenvalue weighted by Crippen LogP contribution is -2.17. The number of nitrogens with zero attached hydrogens (tertiary/aromatic N) is 1. The van der Waals surface area contributed by atoms with Gasteiger partial charge in [-0.25, -0.2) is 5.43 Å². The molecule has 0 atom stereocenters. The molecule has 0 saturated carbocycles. The number of carbonyl (C=O) groups excluding carboxylic acids is 1. The highest BCUT2D eigenvalue weighted by atomic mass is 35.5. The number of nitrogens with one attached hydrogen (secondary N) is 1. The van der Waals surface area contributed by atoms with Gasteiger partial charge in [-0.1, -0.05) is 42.3 Å². The third-order valence-electron chi connectivity index (χ3n) is 4.60. The van der Waals surface area contributed by atoms with E-state index in [1.165, 1.54) is 6.21 Å². The van der Waals surface area contributed by atoms with E-state index in [9.17, 15) is 4.79 Å². The van der Waals surface area contributed by atoms with Gasteiger partial charge in [0.2, 0.25) is 0 Å². The summed E-state index contributed by atoms with van der Waals surface area (Å²) >= 11 is 12.4. The Labute approximate surface area is 209 Å². The molecule has 0 fully saturated rings. The molecule has 0 heterocycles. The first kappa shape index (κ1) is 25.4. The standard InChI is InChI=1S/C26H26Cl2N2O4/c1-3-13-33-22-11-7-20(8-12-22)26(31)30-29-16-19-14-23(28)25(24(15-19)32-4-2)34-17-18-5-9-21(27)10-6-18/h5-12,14-16H,3-4,13,17H2,1-2H3,(H,30,31)/b29-16-. The van der Waals surface area contributed by atoms with Crippen molar-refractivity contribution in [3.05, 3.63) is 87.4 Å². The first-order valence-corrected chi connectivity index (χ1v) is 11.7. The molecule has 1 N–H and O–H groups in total. The van der Waals surface area contributed by atoms with Gasteiger partial charge in [-0.05, 0) is 73.0 Å². The Morgan fingerprint density at radius 3 is 2.38 bits per heavy atom. The Kier molecular flexibility index (Phi) is 9.62. The molecule has 3 rings (SSSR count).